The van der Waals surface area contributed by atoms with Crippen LogP contribution in [0.15, 0.2) is 0 Å². The fraction of sp³-hybridized carbons (Fsp3) is 0.917. The number of nitrogens with zero attached hydrogens (tertiary/aromatic N) is 1. The lowest BCUT2D eigenvalue weighted by molar-refractivity contribution is -0.142. The highest BCUT2D eigenvalue weighted by molar-refractivity contribution is 5.85. The first-order valence-electron chi connectivity index (χ1n) is 6.26. The number of hydrogen-bond donors (Lipinski definition) is 1. The van der Waals surface area contributed by atoms with E-state index in [4.69, 9.17) is 4.74 Å². The third-order valence-electron chi connectivity index (χ3n) is 3.10. The summed E-state index contributed by atoms with van der Waals surface area (Å²) in [6.07, 6.45) is 3.53. The van der Waals surface area contributed by atoms with Crippen LogP contribution < -0.4 is 5.32 Å². The Morgan fingerprint density at radius 2 is 2.06 bits per heavy atom. The van der Waals surface area contributed by atoms with Gasteiger partial charge < -0.3 is 10.1 Å². The van der Waals surface area contributed by atoms with Gasteiger partial charge in [-0.1, -0.05) is 6.92 Å². The first kappa shape index (κ1) is 16.7. The van der Waals surface area contributed by atoms with Gasteiger partial charge in [-0.2, -0.15) is 0 Å². The Morgan fingerprint density at radius 1 is 1.41 bits per heavy atom. The molecule has 1 aliphatic heterocycles. The molecule has 0 aromatic rings. The van der Waals surface area contributed by atoms with Crippen molar-refractivity contribution in [2.75, 3.05) is 39.8 Å². The van der Waals surface area contributed by atoms with Gasteiger partial charge in [0.25, 0.3) is 0 Å². The first-order chi connectivity index (χ1) is 7.76. The van der Waals surface area contributed by atoms with Gasteiger partial charge in [-0.15, -0.1) is 12.4 Å². The number of carbonyl (C=O) groups is 1. The molecule has 0 aromatic carbocycles. The van der Waals surface area contributed by atoms with Crippen LogP contribution in [-0.4, -0.2) is 50.7 Å². The van der Waals surface area contributed by atoms with E-state index < -0.39 is 0 Å². The normalized spacial score (nSPS) is 16.6. The number of rotatable bonds is 6. The van der Waals surface area contributed by atoms with Gasteiger partial charge in [0.1, 0.15) is 0 Å². The highest BCUT2D eigenvalue weighted by atomic mass is 35.5. The third kappa shape index (κ3) is 6.86. The first-order valence-corrected chi connectivity index (χ1v) is 6.26. The van der Waals surface area contributed by atoms with Crippen molar-refractivity contribution in [3.8, 4) is 0 Å². The molecular weight excluding hydrogens is 240 g/mol. The van der Waals surface area contributed by atoms with Gasteiger partial charge >= 0.3 is 5.97 Å². The molecule has 4 nitrogen and oxygen atoms in total. The molecule has 0 bridgehead atoms. The maximum absolute atomic E-state index is 11.3. The summed E-state index contributed by atoms with van der Waals surface area (Å²) in [5.74, 6) is 0.611. The molecule has 0 amide bonds. The molecule has 1 N–H and O–H groups in total. The highest BCUT2D eigenvalue weighted by Gasteiger charge is 2.18. The van der Waals surface area contributed by atoms with Gasteiger partial charge in [-0.3, -0.25) is 9.69 Å². The predicted molar refractivity (Wildman–Crippen MR) is 71.6 cm³/mol. The van der Waals surface area contributed by atoms with E-state index in [2.05, 4.69) is 17.1 Å². The summed E-state index contributed by atoms with van der Waals surface area (Å²) in [6, 6.07) is 0. The molecule has 1 rings (SSSR count). The van der Waals surface area contributed by atoms with Crippen LogP contribution in [0.3, 0.4) is 0 Å². The zero-order valence-corrected chi connectivity index (χ0v) is 11.7. The Labute approximate surface area is 110 Å². The van der Waals surface area contributed by atoms with Crippen LogP contribution >= 0.6 is 12.4 Å². The summed E-state index contributed by atoms with van der Waals surface area (Å²) in [6.45, 7) is 6.83. The van der Waals surface area contributed by atoms with E-state index in [1.807, 2.05) is 0 Å². The minimum absolute atomic E-state index is 0. The molecule has 0 unspecified atom stereocenters. The summed E-state index contributed by atoms with van der Waals surface area (Å²) in [4.78, 5) is 13.5. The Hall–Kier alpha value is -0.320. The number of nitrogens with one attached hydrogen (secondary N) is 1. The van der Waals surface area contributed by atoms with Crippen molar-refractivity contribution in [2.24, 2.45) is 5.92 Å². The lowest BCUT2D eigenvalue weighted by Crippen LogP contribution is -2.39. The zero-order valence-electron chi connectivity index (χ0n) is 10.9. The van der Waals surface area contributed by atoms with Crippen molar-refractivity contribution in [3.05, 3.63) is 0 Å². The molecule has 0 radical (unpaired) electrons. The zero-order chi connectivity index (χ0) is 11.8. The summed E-state index contributed by atoms with van der Waals surface area (Å²) in [7, 11) is 1.46. The minimum atomic E-state index is -0.123. The molecule has 102 valence electrons. The van der Waals surface area contributed by atoms with Crippen molar-refractivity contribution in [2.45, 2.75) is 26.2 Å². The molecule has 1 saturated heterocycles. The number of ether oxygens (including phenoxy) is 1. The maximum Gasteiger partial charge on any atom is 0.319 e. The third-order valence-corrected chi connectivity index (χ3v) is 3.10. The quantitative estimate of drug-likeness (QED) is 0.734. The van der Waals surface area contributed by atoms with Crippen molar-refractivity contribution in [3.63, 3.8) is 0 Å². The topological polar surface area (TPSA) is 41.6 Å². The van der Waals surface area contributed by atoms with Gasteiger partial charge in [0.15, 0.2) is 0 Å². The van der Waals surface area contributed by atoms with Crippen molar-refractivity contribution in [1.29, 1.82) is 0 Å². The molecule has 0 atom stereocenters. The fourth-order valence-electron chi connectivity index (χ4n) is 2.23. The fourth-order valence-corrected chi connectivity index (χ4v) is 2.23. The van der Waals surface area contributed by atoms with Crippen molar-refractivity contribution >= 4 is 18.4 Å². The second-order valence-electron chi connectivity index (χ2n) is 4.50. The predicted octanol–water partition coefficient (Wildman–Crippen LogP) is 1.29. The molecular formula is C12H25ClN2O2. The Balaban J connectivity index is 0.00000256. The average Bonchev–Trinajstić information content (AvgIpc) is 2.30. The summed E-state index contributed by atoms with van der Waals surface area (Å²) >= 11 is 0. The van der Waals surface area contributed by atoms with Gasteiger partial charge in [0.2, 0.25) is 0 Å². The second-order valence-corrected chi connectivity index (χ2v) is 4.50. The molecule has 0 aromatic heterocycles. The van der Waals surface area contributed by atoms with Crippen LogP contribution in [0.4, 0.5) is 0 Å². The molecule has 5 heteroatoms. The van der Waals surface area contributed by atoms with Crippen LogP contribution in [0, 0.1) is 5.92 Å². The number of methoxy groups -OCH3 is 1. The highest BCUT2D eigenvalue weighted by Crippen LogP contribution is 2.13. The number of esters is 1. The smallest absolute Gasteiger partial charge is 0.319 e. The monoisotopic (exact) mass is 264 g/mol. The molecule has 17 heavy (non-hydrogen) atoms. The van der Waals surface area contributed by atoms with Crippen LogP contribution in [0.1, 0.15) is 26.2 Å². The standard InChI is InChI=1S/C12H24N2O2.ClH/c1-3-8-14(10-12(15)16-2)9-11-4-6-13-7-5-11;/h11,13H,3-10H2,1-2H3;1H. The second kappa shape index (κ2) is 9.68. The lowest BCUT2D eigenvalue weighted by Gasteiger charge is -2.29. The summed E-state index contributed by atoms with van der Waals surface area (Å²) in [5.41, 5.74) is 0. The molecule has 1 heterocycles. The van der Waals surface area contributed by atoms with Crippen LogP contribution in [0.5, 0.6) is 0 Å². The van der Waals surface area contributed by atoms with E-state index in [0.29, 0.717) is 6.54 Å². The van der Waals surface area contributed by atoms with Crippen LogP contribution in [0.2, 0.25) is 0 Å². The number of carbonyl (C=O) groups excluding carboxylic acids is 1. The van der Waals surface area contributed by atoms with Crippen molar-refractivity contribution < 1.29 is 9.53 Å². The van der Waals surface area contributed by atoms with Gasteiger partial charge in [-0.05, 0) is 44.8 Å². The van der Waals surface area contributed by atoms with E-state index in [0.717, 1.165) is 38.5 Å². The van der Waals surface area contributed by atoms with E-state index >= 15 is 0 Å². The van der Waals surface area contributed by atoms with E-state index in [-0.39, 0.29) is 18.4 Å². The van der Waals surface area contributed by atoms with Crippen molar-refractivity contribution in [1.82, 2.24) is 10.2 Å². The number of piperidine rings is 1. The SMILES string of the molecule is CCCN(CC(=O)OC)CC1CCNCC1.Cl. The molecule has 0 aliphatic carbocycles. The van der Waals surface area contributed by atoms with Crippen LogP contribution in [-0.2, 0) is 9.53 Å². The Kier molecular flexibility index (Phi) is 9.50. The Morgan fingerprint density at radius 3 is 2.59 bits per heavy atom. The van der Waals surface area contributed by atoms with Gasteiger partial charge in [0, 0.05) is 6.54 Å². The average molecular weight is 265 g/mol. The Bertz CT molecular complexity index is 209. The van der Waals surface area contributed by atoms with E-state index in [1.165, 1.54) is 20.0 Å². The molecule has 0 spiro atoms. The van der Waals surface area contributed by atoms with Crippen LogP contribution in [0.25, 0.3) is 0 Å². The minimum Gasteiger partial charge on any atom is -0.468 e. The lowest BCUT2D eigenvalue weighted by atomic mass is 9.97. The largest absolute Gasteiger partial charge is 0.468 e. The summed E-state index contributed by atoms with van der Waals surface area (Å²) in [5, 5.41) is 3.36. The molecule has 1 aliphatic rings. The number of hydrogen-bond acceptors (Lipinski definition) is 4. The molecule has 0 saturated carbocycles. The van der Waals surface area contributed by atoms with E-state index in [1.54, 1.807) is 0 Å². The number of halogens is 1. The molecule has 1 fully saturated rings. The van der Waals surface area contributed by atoms with Gasteiger partial charge in [0.05, 0.1) is 13.7 Å². The van der Waals surface area contributed by atoms with Gasteiger partial charge in [-0.25, -0.2) is 0 Å². The summed E-state index contributed by atoms with van der Waals surface area (Å²) < 4.78 is 4.72. The van der Waals surface area contributed by atoms with E-state index in [9.17, 15) is 4.79 Å². The maximum atomic E-state index is 11.3.